The Morgan fingerprint density at radius 2 is 1.81 bits per heavy atom. The molecular formula is C16H18ClN3O. The molecule has 0 aliphatic carbocycles. The maximum atomic E-state index is 12.2. The molecule has 0 saturated heterocycles. The van der Waals surface area contributed by atoms with E-state index in [2.05, 4.69) is 5.32 Å². The van der Waals surface area contributed by atoms with Crippen molar-refractivity contribution in [3.63, 3.8) is 0 Å². The minimum Gasteiger partial charge on any atom is -0.398 e. The fraction of sp³-hybridized carbons (Fsp3) is 0.188. The van der Waals surface area contributed by atoms with Crippen LogP contribution in [0.25, 0.3) is 0 Å². The van der Waals surface area contributed by atoms with E-state index in [4.69, 9.17) is 17.3 Å². The predicted octanol–water partition coefficient (Wildman–Crippen LogP) is 3.55. The van der Waals surface area contributed by atoms with Crippen LogP contribution in [-0.2, 0) is 0 Å². The summed E-state index contributed by atoms with van der Waals surface area (Å²) in [5, 5.41) is 3.28. The summed E-state index contributed by atoms with van der Waals surface area (Å²) in [6.07, 6.45) is 0. The molecule has 110 valence electrons. The zero-order chi connectivity index (χ0) is 15.6. The molecule has 0 radical (unpaired) electrons. The van der Waals surface area contributed by atoms with Crippen LogP contribution < -0.4 is 16.0 Å². The average Bonchev–Trinajstić information content (AvgIpc) is 2.44. The number of carbonyl (C=O) groups excluding carboxylic acids is 1. The molecule has 0 saturated carbocycles. The van der Waals surface area contributed by atoms with Crippen molar-refractivity contribution in [1.29, 1.82) is 0 Å². The summed E-state index contributed by atoms with van der Waals surface area (Å²) < 4.78 is 0. The molecule has 0 heterocycles. The van der Waals surface area contributed by atoms with Crippen molar-refractivity contribution >= 4 is 34.6 Å². The third-order valence-electron chi connectivity index (χ3n) is 3.24. The lowest BCUT2D eigenvalue weighted by Crippen LogP contribution is -2.14. The van der Waals surface area contributed by atoms with Crippen LogP contribution in [0, 0.1) is 6.92 Å². The fourth-order valence-electron chi connectivity index (χ4n) is 1.94. The normalized spacial score (nSPS) is 10.3. The van der Waals surface area contributed by atoms with Crippen molar-refractivity contribution in [2.75, 3.05) is 30.0 Å². The second kappa shape index (κ2) is 6.06. The number of nitrogens with one attached hydrogen (secondary N) is 1. The molecule has 0 spiro atoms. The van der Waals surface area contributed by atoms with Crippen molar-refractivity contribution in [1.82, 2.24) is 0 Å². The van der Waals surface area contributed by atoms with E-state index in [0.717, 1.165) is 11.3 Å². The smallest absolute Gasteiger partial charge is 0.255 e. The molecule has 0 aliphatic rings. The number of hydrogen-bond acceptors (Lipinski definition) is 3. The Morgan fingerprint density at radius 3 is 2.38 bits per heavy atom. The third kappa shape index (κ3) is 3.47. The van der Waals surface area contributed by atoms with Gasteiger partial charge in [-0.25, -0.2) is 0 Å². The fourth-order valence-corrected chi connectivity index (χ4v) is 2.11. The lowest BCUT2D eigenvalue weighted by molar-refractivity contribution is 0.102. The van der Waals surface area contributed by atoms with Crippen LogP contribution in [0.4, 0.5) is 17.1 Å². The van der Waals surface area contributed by atoms with Crippen LogP contribution in [0.1, 0.15) is 15.9 Å². The van der Waals surface area contributed by atoms with E-state index in [0.29, 0.717) is 22.0 Å². The first-order valence-corrected chi connectivity index (χ1v) is 6.90. The second-order valence-corrected chi connectivity index (χ2v) is 5.49. The highest BCUT2D eigenvalue weighted by molar-refractivity contribution is 6.33. The van der Waals surface area contributed by atoms with Gasteiger partial charge in [0, 0.05) is 31.0 Å². The van der Waals surface area contributed by atoms with Gasteiger partial charge in [0.15, 0.2) is 0 Å². The van der Waals surface area contributed by atoms with Gasteiger partial charge in [-0.05, 0) is 48.9 Å². The number of amides is 1. The Morgan fingerprint density at radius 1 is 1.19 bits per heavy atom. The van der Waals surface area contributed by atoms with Crippen molar-refractivity contribution in [2.45, 2.75) is 6.92 Å². The molecule has 0 unspecified atom stereocenters. The van der Waals surface area contributed by atoms with Crippen molar-refractivity contribution < 1.29 is 4.79 Å². The van der Waals surface area contributed by atoms with Crippen LogP contribution in [0.3, 0.4) is 0 Å². The molecule has 3 N–H and O–H groups in total. The Balaban J connectivity index is 2.20. The van der Waals surface area contributed by atoms with E-state index in [-0.39, 0.29) is 5.91 Å². The number of nitrogens with two attached hydrogens (primary N) is 1. The van der Waals surface area contributed by atoms with Crippen LogP contribution in [0.2, 0.25) is 5.02 Å². The summed E-state index contributed by atoms with van der Waals surface area (Å²) in [4.78, 5) is 14.2. The maximum absolute atomic E-state index is 12.2. The quantitative estimate of drug-likeness (QED) is 0.853. The summed E-state index contributed by atoms with van der Waals surface area (Å²) in [6, 6.07) is 10.8. The molecule has 1 amide bonds. The number of benzene rings is 2. The highest BCUT2D eigenvalue weighted by Crippen LogP contribution is 2.27. The molecule has 2 rings (SSSR count). The summed E-state index contributed by atoms with van der Waals surface area (Å²) in [7, 11) is 3.91. The summed E-state index contributed by atoms with van der Waals surface area (Å²) in [5.74, 6) is -0.177. The lowest BCUT2D eigenvalue weighted by Gasteiger charge is -2.13. The molecule has 5 heteroatoms. The molecule has 0 aliphatic heterocycles. The monoisotopic (exact) mass is 303 g/mol. The highest BCUT2D eigenvalue weighted by Gasteiger charge is 2.10. The van der Waals surface area contributed by atoms with Crippen LogP contribution >= 0.6 is 11.6 Å². The Kier molecular flexibility index (Phi) is 4.38. The van der Waals surface area contributed by atoms with E-state index in [1.165, 1.54) is 0 Å². The Hall–Kier alpha value is -2.20. The minimum absolute atomic E-state index is 0.177. The number of nitrogens with zero attached hydrogens (tertiary/aromatic N) is 1. The van der Waals surface area contributed by atoms with Gasteiger partial charge < -0.3 is 16.0 Å². The lowest BCUT2D eigenvalue weighted by atomic mass is 10.1. The van der Waals surface area contributed by atoms with Crippen LogP contribution in [0.5, 0.6) is 0 Å². The van der Waals surface area contributed by atoms with Gasteiger partial charge in [0.1, 0.15) is 0 Å². The SMILES string of the molecule is Cc1cc(N)c(Cl)cc1NC(=O)c1ccc(N(C)C)cc1. The molecule has 2 aromatic carbocycles. The summed E-state index contributed by atoms with van der Waals surface area (Å²) >= 11 is 5.99. The van der Waals surface area contributed by atoms with Gasteiger partial charge in [0.25, 0.3) is 5.91 Å². The predicted molar refractivity (Wildman–Crippen MR) is 89.3 cm³/mol. The first-order valence-electron chi connectivity index (χ1n) is 6.53. The molecule has 0 atom stereocenters. The number of anilines is 3. The van der Waals surface area contributed by atoms with Crippen LogP contribution in [0.15, 0.2) is 36.4 Å². The van der Waals surface area contributed by atoms with E-state index in [1.54, 1.807) is 24.3 Å². The van der Waals surface area contributed by atoms with E-state index in [1.807, 2.05) is 38.1 Å². The van der Waals surface area contributed by atoms with Crippen molar-refractivity contribution in [2.24, 2.45) is 0 Å². The van der Waals surface area contributed by atoms with Crippen molar-refractivity contribution in [3.05, 3.63) is 52.5 Å². The third-order valence-corrected chi connectivity index (χ3v) is 3.57. The molecule has 4 nitrogen and oxygen atoms in total. The van der Waals surface area contributed by atoms with Gasteiger partial charge in [0.05, 0.1) is 10.7 Å². The standard InChI is InChI=1S/C16H18ClN3O/c1-10-8-14(18)13(17)9-15(10)19-16(21)11-4-6-12(7-5-11)20(2)3/h4-9H,18H2,1-3H3,(H,19,21). The number of nitrogen functional groups attached to an aromatic ring is 1. The summed E-state index contributed by atoms with van der Waals surface area (Å²) in [6.45, 7) is 1.87. The van der Waals surface area contributed by atoms with Gasteiger partial charge in [-0.1, -0.05) is 11.6 Å². The van der Waals surface area contributed by atoms with E-state index >= 15 is 0 Å². The second-order valence-electron chi connectivity index (χ2n) is 5.08. The first kappa shape index (κ1) is 15.2. The zero-order valence-corrected chi connectivity index (χ0v) is 13.0. The molecular weight excluding hydrogens is 286 g/mol. The Bertz CT molecular complexity index is 666. The number of hydrogen-bond donors (Lipinski definition) is 2. The largest absolute Gasteiger partial charge is 0.398 e. The van der Waals surface area contributed by atoms with Gasteiger partial charge >= 0.3 is 0 Å². The van der Waals surface area contributed by atoms with Gasteiger partial charge in [-0.3, -0.25) is 4.79 Å². The van der Waals surface area contributed by atoms with E-state index < -0.39 is 0 Å². The average molecular weight is 304 g/mol. The zero-order valence-electron chi connectivity index (χ0n) is 12.3. The number of rotatable bonds is 3. The molecule has 0 bridgehead atoms. The highest BCUT2D eigenvalue weighted by atomic mass is 35.5. The summed E-state index contributed by atoms with van der Waals surface area (Å²) in [5.41, 5.74) is 9.39. The topological polar surface area (TPSA) is 58.4 Å². The van der Waals surface area contributed by atoms with Gasteiger partial charge in [0.2, 0.25) is 0 Å². The number of carbonyl (C=O) groups is 1. The van der Waals surface area contributed by atoms with Gasteiger partial charge in [-0.2, -0.15) is 0 Å². The first-order chi connectivity index (χ1) is 9.88. The van der Waals surface area contributed by atoms with Crippen molar-refractivity contribution in [3.8, 4) is 0 Å². The van der Waals surface area contributed by atoms with Crippen LogP contribution in [-0.4, -0.2) is 20.0 Å². The molecule has 2 aromatic rings. The number of halogens is 1. The Labute approximate surface area is 129 Å². The molecule has 0 fully saturated rings. The number of aryl methyl sites for hydroxylation is 1. The van der Waals surface area contributed by atoms with Gasteiger partial charge in [-0.15, -0.1) is 0 Å². The minimum atomic E-state index is -0.177. The maximum Gasteiger partial charge on any atom is 0.255 e. The van der Waals surface area contributed by atoms with E-state index in [9.17, 15) is 4.79 Å². The molecule has 0 aromatic heterocycles. The molecule has 21 heavy (non-hydrogen) atoms.